The molecule has 0 radical (unpaired) electrons. The predicted molar refractivity (Wildman–Crippen MR) is 42.6 cm³/mol. The summed E-state index contributed by atoms with van der Waals surface area (Å²) in [4.78, 5) is 23.8. The third-order valence-corrected chi connectivity index (χ3v) is 5.82. The summed E-state index contributed by atoms with van der Waals surface area (Å²) in [5.41, 5.74) is 0. The second-order valence-corrected chi connectivity index (χ2v) is 5.63. The van der Waals surface area contributed by atoms with Gasteiger partial charge in [0.2, 0.25) is 0 Å². The van der Waals surface area contributed by atoms with Gasteiger partial charge in [0.1, 0.15) is 11.6 Å². The highest BCUT2D eigenvalue weighted by molar-refractivity contribution is 6.06. The van der Waals surface area contributed by atoms with E-state index in [9.17, 15) is 9.59 Å². The van der Waals surface area contributed by atoms with Crippen LogP contribution in [0.5, 0.6) is 0 Å². The largest absolute Gasteiger partial charge is 0.299 e. The van der Waals surface area contributed by atoms with Crippen molar-refractivity contribution >= 4 is 11.6 Å². The van der Waals surface area contributed by atoms with Crippen LogP contribution in [-0.2, 0) is 9.59 Å². The van der Waals surface area contributed by atoms with E-state index in [1.807, 2.05) is 0 Å². The molecule has 0 aromatic rings. The molecule has 0 spiro atoms. The fourth-order valence-corrected chi connectivity index (χ4v) is 5.80. The Bertz CT molecular complexity index is 346. The number of hydrogen-bond donors (Lipinski definition) is 0. The van der Waals surface area contributed by atoms with Gasteiger partial charge in [0, 0.05) is 23.7 Å². The lowest BCUT2D eigenvalue weighted by Crippen LogP contribution is -2.47. The van der Waals surface area contributed by atoms with Gasteiger partial charge in [-0.2, -0.15) is 0 Å². The first-order valence-corrected chi connectivity index (χ1v) is 5.38. The summed E-state index contributed by atoms with van der Waals surface area (Å²) < 4.78 is 0. The van der Waals surface area contributed by atoms with Crippen molar-refractivity contribution in [2.75, 3.05) is 0 Å². The van der Waals surface area contributed by atoms with Gasteiger partial charge in [0.05, 0.1) is 0 Å². The van der Waals surface area contributed by atoms with E-state index < -0.39 is 0 Å². The fourth-order valence-electron chi connectivity index (χ4n) is 5.80. The number of carbonyl (C=O) groups is 2. The molecule has 5 aliphatic carbocycles. The lowest BCUT2D eigenvalue weighted by molar-refractivity contribution is -0.145. The second kappa shape index (κ2) is 1.32. The maximum atomic E-state index is 11.9. The summed E-state index contributed by atoms with van der Waals surface area (Å²) in [7, 11) is 0. The van der Waals surface area contributed by atoms with Crippen molar-refractivity contribution in [3.63, 3.8) is 0 Å². The van der Waals surface area contributed by atoms with Crippen molar-refractivity contribution < 1.29 is 9.59 Å². The Hall–Kier alpha value is -0.660. The minimum absolute atomic E-state index is 0.211. The summed E-state index contributed by atoms with van der Waals surface area (Å²) in [6.45, 7) is 0. The summed E-state index contributed by atoms with van der Waals surface area (Å²) in [5, 5.41) is 0. The van der Waals surface area contributed by atoms with Gasteiger partial charge in [-0.1, -0.05) is 0 Å². The van der Waals surface area contributed by atoms with E-state index in [4.69, 9.17) is 0 Å². The summed E-state index contributed by atoms with van der Waals surface area (Å²) in [6.07, 6.45) is 1.22. The number of hydrogen-bond acceptors (Lipinski definition) is 2. The van der Waals surface area contributed by atoms with Crippen LogP contribution in [0.3, 0.4) is 0 Å². The Labute approximate surface area is 75.7 Å². The zero-order chi connectivity index (χ0) is 8.48. The number of ketones is 2. The third kappa shape index (κ3) is 0.323. The molecule has 8 atom stereocenters. The Balaban J connectivity index is 1.92. The highest BCUT2D eigenvalue weighted by atomic mass is 16.1. The smallest absolute Gasteiger partial charge is 0.141 e. The topological polar surface area (TPSA) is 34.1 Å². The van der Waals surface area contributed by atoms with E-state index in [1.165, 1.54) is 6.42 Å². The number of Topliss-reactive ketones (excluding diaryl/α,β-unsaturated/α-hetero) is 2. The highest BCUT2D eigenvalue weighted by Crippen LogP contribution is 2.80. The molecular formula is C11H10O2. The summed E-state index contributed by atoms with van der Waals surface area (Å²) >= 11 is 0. The van der Waals surface area contributed by atoms with E-state index in [2.05, 4.69) is 0 Å². The van der Waals surface area contributed by atoms with Crippen molar-refractivity contribution in [1.29, 1.82) is 0 Å². The average molecular weight is 174 g/mol. The molecule has 13 heavy (non-hydrogen) atoms. The van der Waals surface area contributed by atoms with Crippen molar-refractivity contribution in [3.8, 4) is 0 Å². The quantitative estimate of drug-likeness (QED) is 0.536. The van der Waals surface area contributed by atoms with Gasteiger partial charge in [-0.3, -0.25) is 9.59 Å². The average Bonchev–Trinajstić information content (AvgIpc) is 2.52. The monoisotopic (exact) mass is 174 g/mol. The van der Waals surface area contributed by atoms with Crippen LogP contribution in [0, 0.1) is 47.3 Å². The molecule has 5 aliphatic rings. The Kier molecular flexibility index (Phi) is 0.602. The van der Waals surface area contributed by atoms with Gasteiger partial charge in [0.15, 0.2) is 0 Å². The first-order chi connectivity index (χ1) is 6.30. The van der Waals surface area contributed by atoms with Crippen LogP contribution in [-0.4, -0.2) is 11.6 Å². The lowest BCUT2D eigenvalue weighted by Gasteiger charge is -2.42. The lowest BCUT2D eigenvalue weighted by atomic mass is 9.59. The molecule has 0 unspecified atom stereocenters. The van der Waals surface area contributed by atoms with Crippen molar-refractivity contribution in [3.05, 3.63) is 0 Å². The van der Waals surface area contributed by atoms with Crippen LogP contribution in [0.1, 0.15) is 6.42 Å². The van der Waals surface area contributed by atoms with Gasteiger partial charge < -0.3 is 0 Å². The molecule has 5 rings (SSSR count). The van der Waals surface area contributed by atoms with Gasteiger partial charge in [-0.05, 0) is 30.1 Å². The van der Waals surface area contributed by atoms with E-state index in [0.717, 1.165) is 0 Å². The highest BCUT2D eigenvalue weighted by Gasteiger charge is 2.84. The minimum Gasteiger partial charge on any atom is -0.299 e. The van der Waals surface area contributed by atoms with Crippen molar-refractivity contribution in [2.45, 2.75) is 6.42 Å². The molecule has 2 bridgehead atoms. The molecular weight excluding hydrogens is 164 g/mol. The zero-order valence-corrected chi connectivity index (χ0v) is 7.14. The molecule has 5 fully saturated rings. The molecule has 0 aromatic carbocycles. The maximum absolute atomic E-state index is 11.9. The predicted octanol–water partition coefficient (Wildman–Crippen LogP) is 0.512. The standard InChI is InChI=1S/C11H10O2/c12-10-6-2-1-3-5-4(2)8(10)9(5)11(13)7(3)6/h2-9H,1H2/t2-,3+,4-,5-,6+,7-,8+,9+/m0/s1. The first-order valence-electron chi connectivity index (χ1n) is 5.38. The third-order valence-electron chi connectivity index (χ3n) is 5.82. The molecule has 2 heteroatoms. The molecule has 0 amide bonds. The van der Waals surface area contributed by atoms with Crippen LogP contribution < -0.4 is 0 Å². The minimum atomic E-state index is 0.211. The fraction of sp³-hybridized carbons (Fsp3) is 0.818. The molecule has 0 aromatic heterocycles. The molecule has 5 saturated carbocycles. The molecule has 0 aliphatic heterocycles. The van der Waals surface area contributed by atoms with Crippen LogP contribution in [0.25, 0.3) is 0 Å². The van der Waals surface area contributed by atoms with E-state index in [0.29, 0.717) is 35.2 Å². The van der Waals surface area contributed by atoms with Gasteiger partial charge in [0.25, 0.3) is 0 Å². The Morgan fingerprint density at radius 2 is 1.23 bits per heavy atom. The molecule has 66 valence electrons. The number of fused-ring (bicyclic) bond motifs is 2. The zero-order valence-electron chi connectivity index (χ0n) is 7.14. The summed E-state index contributed by atoms with van der Waals surface area (Å²) in [6, 6.07) is 0. The molecule has 0 saturated heterocycles. The van der Waals surface area contributed by atoms with Crippen molar-refractivity contribution in [2.24, 2.45) is 47.3 Å². The maximum Gasteiger partial charge on any atom is 0.141 e. The molecule has 0 heterocycles. The van der Waals surface area contributed by atoms with Gasteiger partial charge in [-0.25, -0.2) is 0 Å². The molecule has 2 nitrogen and oxygen atoms in total. The van der Waals surface area contributed by atoms with E-state index >= 15 is 0 Å². The first kappa shape index (κ1) is 5.94. The van der Waals surface area contributed by atoms with E-state index in [1.54, 1.807) is 0 Å². The van der Waals surface area contributed by atoms with Crippen molar-refractivity contribution in [1.82, 2.24) is 0 Å². The van der Waals surface area contributed by atoms with Crippen LogP contribution >= 0.6 is 0 Å². The van der Waals surface area contributed by atoms with Gasteiger partial charge >= 0.3 is 0 Å². The SMILES string of the molecule is O=C1[C@@H]2[C@H]3C[C@H]4[C@@H]2C(=O)[C@H]2[C@H]1[C@@H]3[C@H]42. The van der Waals surface area contributed by atoms with Crippen LogP contribution in [0.4, 0.5) is 0 Å². The van der Waals surface area contributed by atoms with Crippen LogP contribution in [0.15, 0.2) is 0 Å². The van der Waals surface area contributed by atoms with Crippen LogP contribution in [0.2, 0.25) is 0 Å². The van der Waals surface area contributed by atoms with Gasteiger partial charge in [-0.15, -0.1) is 0 Å². The second-order valence-electron chi connectivity index (χ2n) is 5.63. The normalized spacial score (nSPS) is 74.2. The number of rotatable bonds is 0. The Morgan fingerprint density at radius 1 is 0.769 bits per heavy atom. The summed E-state index contributed by atoms with van der Waals surface area (Å²) in [5.74, 6) is 4.49. The molecule has 0 N–H and O–H groups in total. The van der Waals surface area contributed by atoms with E-state index in [-0.39, 0.29) is 23.7 Å². The number of carbonyl (C=O) groups excluding carboxylic acids is 2. The Morgan fingerprint density at radius 3 is 1.69 bits per heavy atom.